The molecule has 1 saturated carbocycles. The molecule has 0 bridgehead atoms. The Morgan fingerprint density at radius 2 is 2.24 bits per heavy atom. The van der Waals surface area contributed by atoms with Crippen molar-refractivity contribution in [2.24, 2.45) is 7.05 Å². The highest BCUT2D eigenvalue weighted by Gasteiger charge is 2.25. The van der Waals surface area contributed by atoms with Crippen LogP contribution in [0.15, 0.2) is 11.5 Å². The maximum Gasteiger partial charge on any atom is 0.186 e. The molecule has 0 spiro atoms. The van der Waals surface area contributed by atoms with E-state index < -0.39 is 0 Å². The first kappa shape index (κ1) is 12.9. The smallest absolute Gasteiger partial charge is 0.186 e. The summed E-state index contributed by atoms with van der Waals surface area (Å²) in [6.45, 7) is 3.25. The number of hydrogen-bond acceptors (Lipinski definition) is 4. The van der Waals surface area contributed by atoms with Gasteiger partial charge in [0.2, 0.25) is 0 Å². The molecule has 1 aliphatic carbocycles. The predicted octanol–water partition coefficient (Wildman–Crippen LogP) is 2.22. The van der Waals surface area contributed by atoms with Crippen LogP contribution in [-0.4, -0.2) is 32.6 Å². The van der Waals surface area contributed by atoms with Crippen molar-refractivity contribution in [3.05, 3.63) is 6.33 Å². The van der Waals surface area contributed by atoms with Gasteiger partial charge in [-0.25, -0.2) is 9.67 Å². The van der Waals surface area contributed by atoms with Gasteiger partial charge < -0.3 is 5.32 Å². The fourth-order valence-electron chi connectivity index (χ4n) is 2.44. The fraction of sp³-hybridized carbons (Fsp3) is 0.833. The molecule has 1 aromatic heterocycles. The van der Waals surface area contributed by atoms with Gasteiger partial charge in [0.25, 0.3) is 0 Å². The van der Waals surface area contributed by atoms with Crippen LogP contribution in [0.1, 0.15) is 39.0 Å². The Morgan fingerprint density at radius 1 is 1.41 bits per heavy atom. The highest BCUT2D eigenvalue weighted by Crippen LogP contribution is 2.31. The molecule has 2 rings (SSSR count). The lowest BCUT2D eigenvalue weighted by Crippen LogP contribution is -2.37. The van der Waals surface area contributed by atoms with Crippen molar-refractivity contribution >= 4 is 11.8 Å². The molecule has 1 aromatic rings. The van der Waals surface area contributed by atoms with Gasteiger partial charge in [0.05, 0.1) is 0 Å². The molecule has 1 aliphatic rings. The molecule has 4 nitrogen and oxygen atoms in total. The number of aryl methyl sites for hydroxylation is 1. The van der Waals surface area contributed by atoms with Gasteiger partial charge in [-0.2, -0.15) is 5.10 Å². The highest BCUT2D eigenvalue weighted by atomic mass is 32.2. The second-order valence-electron chi connectivity index (χ2n) is 4.62. The second kappa shape index (κ2) is 6.40. The molecule has 2 atom stereocenters. The zero-order valence-electron chi connectivity index (χ0n) is 10.7. The Hall–Kier alpha value is -0.550. The van der Waals surface area contributed by atoms with Crippen LogP contribution in [0.3, 0.4) is 0 Å². The molecule has 1 fully saturated rings. The molecule has 0 aliphatic heterocycles. The lowest BCUT2D eigenvalue weighted by Gasteiger charge is -2.24. The van der Waals surface area contributed by atoms with Gasteiger partial charge in [-0.05, 0) is 19.4 Å². The van der Waals surface area contributed by atoms with Crippen molar-refractivity contribution in [1.82, 2.24) is 20.1 Å². The lowest BCUT2D eigenvalue weighted by molar-refractivity contribution is 0.481. The van der Waals surface area contributed by atoms with E-state index in [1.807, 2.05) is 23.5 Å². The summed E-state index contributed by atoms with van der Waals surface area (Å²) in [5.74, 6) is 0. The van der Waals surface area contributed by atoms with Gasteiger partial charge in [0.1, 0.15) is 6.33 Å². The molecule has 0 radical (unpaired) electrons. The number of hydrogen-bond donors (Lipinski definition) is 1. The Bertz CT molecular complexity index is 339. The Balaban J connectivity index is 2.02. The van der Waals surface area contributed by atoms with Crippen LogP contribution in [0.2, 0.25) is 0 Å². The van der Waals surface area contributed by atoms with Crippen molar-refractivity contribution in [3.8, 4) is 0 Å². The third-order valence-corrected chi connectivity index (χ3v) is 4.79. The standard InChI is InChI=1S/C12H22N4S/c1-3-13-10-7-5-4-6-8-11(10)17-12-14-9-15-16(12)2/h9-11,13H,3-8H2,1-2H3. The summed E-state index contributed by atoms with van der Waals surface area (Å²) < 4.78 is 1.87. The summed E-state index contributed by atoms with van der Waals surface area (Å²) in [7, 11) is 1.97. The van der Waals surface area contributed by atoms with E-state index in [2.05, 4.69) is 22.3 Å². The van der Waals surface area contributed by atoms with Crippen molar-refractivity contribution in [3.63, 3.8) is 0 Å². The normalized spacial score (nSPS) is 25.8. The molecule has 17 heavy (non-hydrogen) atoms. The maximum absolute atomic E-state index is 4.32. The Morgan fingerprint density at radius 3 is 2.94 bits per heavy atom. The molecule has 0 saturated heterocycles. The van der Waals surface area contributed by atoms with E-state index in [0.717, 1.165) is 11.7 Å². The van der Waals surface area contributed by atoms with Gasteiger partial charge in [-0.1, -0.05) is 37.9 Å². The Labute approximate surface area is 108 Å². The van der Waals surface area contributed by atoms with Crippen LogP contribution >= 0.6 is 11.8 Å². The molecule has 0 amide bonds. The van der Waals surface area contributed by atoms with Gasteiger partial charge in [0.15, 0.2) is 5.16 Å². The summed E-state index contributed by atoms with van der Waals surface area (Å²) in [6.07, 6.45) is 8.29. The molecule has 5 heteroatoms. The summed E-state index contributed by atoms with van der Waals surface area (Å²) in [5, 5.41) is 9.45. The first-order valence-corrected chi connectivity index (χ1v) is 7.43. The molecule has 0 aromatic carbocycles. The van der Waals surface area contributed by atoms with Crippen molar-refractivity contribution < 1.29 is 0 Å². The van der Waals surface area contributed by atoms with E-state index in [0.29, 0.717) is 11.3 Å². The predicted molar refractivity (Wildman–Crippen MR) is 71.2 cm³/mol. The first-order valence-electron chi connectivity index (χ1n) is 6.55. The number of thioether (sulfide) groups is 1. The summed E-state index contributed by atoms with van der Waals surface area (Å²) in [4.78, 5) is 4.32. The number of aromatic nitrogens is 3. The van der Waals surface area contributed by atoms with Gasteiger partial charge >= 0.3 is 0 Å². The van der Waals surface area contributed by atoms with E-state index >= 15 is 0 Å². The van der Waals surface area contributed by atoms with E-state index in [9.17, 15) is 0 Å². The van der Waals surface area contributed by atoms with Crippen LogP contribution in [-0.2, 0) is 7.05 Å². The van der Waals surface area contributed by atoms with Gasteiger partial charge in [0, 0.05) is 18.3 Å². The number of rotatable bonds is 4. The highest BCUT2D eigenvalue weighted by molar-refractivity contribution is 7.99. The maximum atomic E-state index is 4.32. The van der Waals surface area contributed by atoms with Crippen molar-refractivity contribution in [2.45, 2.75) is 55.5 Å². The minimum Gasteiger partial charge on any atom is -0.313 e. The van der Waals surface area contributed by atoms with E-state index in [1.165, 1.54) is 32.1 Å². The zero-order chi connectivity index (χ0) is 12.1. The van der Waals surface area contributed by atoms with Crippen LogP contribution < -0.4 is 5.32 Å². The summed E-state index contributed by atoms with van der Waals surface area (Å²) in [6, 6.07) is 0.629. The van der Waals surface area contributed by atoms with E-state index in [-0.39, 0.29) is 0 Å². The van der Waals surface area contributed by atoms with E-state index in [1.54, 1.807) is 6.33 Å². The van der Waals surface area contributed by atoms with Crippen LogP contribution in [0.25, 0.3) is 0 Å². The average molecular weight is 254 g/mol. The van der Waals surface area contributed by atoms with Gasteiger partial charge in [-0.15, -0.1) is 0 Å². The molecule has 1 N–H and O–H groups in total. The van der Waals surface area contributed by atoms with Crippen LogP contribution in [0, 0.1) is 0 Å². The summed E-state index contributed by atoms with van der Waals surface area (Å²) >= 11 is 1.89. The SMILES string of the molecule is CCNC1CCCCCC1Sc1ncnn1C. The topological polar surface area (TPSA) is 42.7 Å². The molecular formula is C12H22N4S. The molecular weight excluding hydrogens is 232 g/mol. The zero-order valence-corrected chi connectivity index (χ0v) is 11.5. The van der Waals surface area contributed by atoms with Crippen LogP contribution in [0.4, 0.5) is 0 Å². The second-order valence-corrected chi connectivity index (χ2v) is 5.83. The van der Waals surface area contributed by atoms with Crippen LogP contribution in [0.5, 0.6) is 0 Å². The number of nitrogens with zero attached hydrogens (tertiary/aromatic N) is 3. The molecule has 2 unspecified atom stereocenters. The first-order chi connectivity index (χ1) is 8.31. The van der Waals surface area contributed by atoms with Crippen molar-refractivity contribution in [1.29, 1.82) is 0 Å². The average Bonchev–Trinajstić information content (AvgIpc) is 2.59. The monoisotopic (exact) mass is 254 g/mol. The largest absolute Gasteiger partial charge is 0.313 e. The third-order valence-electron chi connectivity index (χ3n) is 3.35. The lowest BCUT2D eigenvalue weighted by atomic mass is 10.1. The van der Waals surface area contributed by atoms with Gasteiger partial charge in [-0.3, -0.25) is 0 Å². The molecule has 1 heterocycles. The fourth-order valence-corrected chi connectivity index (χ4v) is 3.70. The summed E-state index contributed by atoms with van der Waals surface area (Å²) in [5.41, 5.74) is 0. The van der Waals surface area contributed by atoms with E-state index in [4.69, 9.17) is 0 Å². The number of nitrogens with one attached hydrogen (secondary N) is 1. The quantitative estimate of drug-likeness (QED) is 0.837. The Kier molecular flexibility index (Phi) is 4.86. The van der Waals surface area contributed by atoms with Crippen molar-refractivity contribution in [2.75, 3.05) is 6.54 Å². The third kappa shape index (κ3) is 3.45. The molecule has 96 valence electrons. The minimum atomic E-state index is 0.629. The minimum absolute atomic E-state index is 0.629.